The second-order valence-electron chi connectivity index (χ2n) is 4.74. The topological polar surface area (TPSA) is 29.3 Å². The summed E-state index contributed by atoms with van der Waals surface area (Å²) in [6.45, 7) is -1.26. The maximum absolute atomic E-state index is 12.7. The summed E-state index contributed by atoms with van der Waals surface area (Å²) in [5.41, 5.74) is 3.52. The number of nitrogen functional groups attached to an aromatic ring is 1. The molecule has 0 bridgehead atoms. The molecule has 8 heteroatoms. The van der Waals surface area contributed by atoms with Crippen LogP contribution in [0.4, 0.5) is 37.7 Å². The molecule has 112 valence electrons. The minimum atomic E-state index is -4.69. The van der Waals surface area contributed by atoms with Gasteiger partial charge < -0.3 is 10.6 Å². The zero-order valence-electron chi connectivity index (χ0n) is 10.2. The van der Waals surface area contributed by atoms with Gasteiger partial charge in [0.1, 0.15) is 6.54 Å². The third-order valence-corrected chi connectivity index (χ3v) is 3.01. The summed E-state index contributed by atoms with van der Waals surface area (Å²) >= 11 is 0. The summed E-state index contributed by atoms with van der Waals surface area (Å²) in [5, 5.41) is 0. The number of benzene rings is 1. The van der Waals surface area contributed by atoms with E-state index in [2.05, 4.69) is 0 Å². The van der Waals surface area contributed by atoms with Crippen molar-refractivity contribution < 1.29 is 26.3 Å². The Bertz CT molecular complexity index is 490. The molecular weight excluding hydrogens is 286 g/mol. The highest BCUT2D eigenvalue weighted by atomic mass is 19.4. The van der Waals surface area contributed by atoms with E-state index in [0.717, 1.165) is 11.0 Å². The molecule has 1 aliphatic carbocycles. The van der Waals surface area contributed by atoms with Crippen molar-refractivity contribution in [2.45, 2.75) is 31.2 Å². The van der Waals surface area contributed by atoms with Crippen LogP contribution in [0.2, 0.25) is 0 Å². The molecule has 2 N–H and O–H groups in total. The highest BCUT2D eigenvalue weighted by Gasteiger charge is 2.39. The number of rotatable bonds is 3. The lowest BCUT2D eigenvalue weighted by atomic mass is 10.1. The fourth-order valence-electron chi connectivity index (χ4n) is 1.98. The van der Waals surface area contributed by atoms with Gasteiger partial charge in [-0.05, 0) is 31.0 Å². The number of nitrogens with zero attached hydrogens (tertiary/aromatic N) is 1. The highest BCUT2D eigenvalue weighted by molar-refractivity contribution is 5.60. The normalized spacial score (nSPS) is 16.3. The highest BCUT2D eigenvalue weighted by Crippen LogP contribution is 2.39. The predicted octanol–water partition coefficient (Wildman–Crippen LogP) is 3.82. The van der Waals surface area contributed by atoms with Crippen LogP contribution >= 0.6 is 0 Å². The molecule has 2 rings (SSSR count). The van der Waals surface area contributed by atoms with Crippen LogP contribution in [0.1, 0.15) is 18.4 Å². The number of nitrogens with two attached hydrogens (primary N) is 1. The Morgan fingerprint density at radius 1 is 1.10 bits per heavy atom. The summed E-state index contributed by atoms with van der Waals surface area (Å²) in [7, 11) is 0. The summed E-state index contributed by atoms with van der Waals surface area (Å²) in [5.74, 6) is 0. The van der Waals surface area contributed by atoms with Gasteiger partial charge in [0.05, 0.1) is 5.56 Å². The van der Waals surface area contributed by atoms with E-state index in [1.54, 1.807) is 0 Å². The van der Waals surface area contributed by atoms with E-state index in [1.165, 1.54) is 6.07 Å². The van der Waals surface area contributed by atoms with E-state index < -0.39 is 30.1 Å². The Labute approximate surface area is 111 Å². The van der Waals surface area contributed by atoms with Crippen LogP contribution in [-0.4, -0.2) is 18.8 Å². The predicted molar refractivity (Wildman–Crippen MR) is 62.3 cm³/mol. The van der Waals surface area contributed by atoms with Crippen molar-refractivity contribution in [3.8, 4) is 0 Å². The molecule has 0 aliphatic heterocycles. The number of halogens is 6. The molecule has 1 saturated carbocycles. The van der Waals surface area contributed by atoms with Crippen LogP contribution in [0.3, 0.4) is 0 Å². The monoisotopic (exact) mass is 298 g/mol. The lowest BCUT2D eigenvalue weighted by molar-refractivity contribution is -0.136. The molecule has 1 aromatic carbocycles. The van der Waals surface area contributed by atoms with Gasteiger partial charge in [-0.2, -0.15) is 26.3 Å². The van der Waals surface area contributed by atoms with Crippen LogP contribution < -0.4 is 10.6 Å². The van der Waals surface area contributed by atoms with Gasteiger partial charge in [-0.15, -0.1) is 0 Å². The molecule has 20 heavy (non-hydrogen) atoms. The summed E-state index contributed by atoms with van der Waals surface area (Å²) < 4.78 is 75.7. The SMILES string of the molecule is Nc1ccc(N(CC(F)(F)F)C2CC2)cc1C(F)(F)F. The van der Waals surface area contributed by atoms with Gasteiger partial charge >= 0.3 is 12.4 Å². The fourth-order valence-corrected chi connectivity index (χ4v) is 1.98. The number of alkyl halides is 6. The Morgan fingerprint density at radius 3 is 2.15 bits per heavy atom. The first-order chi connectivity index (χ1) is 9.08. The molecule has 0 heterocycles. The first kappa shape index (κ1) is 14.8. The van der Waals surface area contributed by atoms with Gasteiger partial charge in [-0.3, -0.25) is 0 Å². The summed E-state index contributed by atoms with van der Waals surface area (Å²) in [6.07, 6.45) is -8.07. The smallest absolute Gasteiger partial charge is 0.398 e. The van der Waals surface area contributed by atoms with Gasteiger partial charge in [0.25, 0.3) is 0 Å². The Balaban J connectivity index is 2.34. The average Bonchev–Trinajstić information content (AvgIpc) is 3.07. The Kier molecular flexibility index (Phi) is 3.51. The maximum Gasteiger partial charge on any atom is 0.418 e. The summed E-state index contributed by atoms with van der Waals surface area (Å²) in [6, 6.07) is 2.50. The quantitative estimate of drug-likeness (QED) is 0.679. The van der Waals surface area contributed by atoms with E-state index in [9.17, 15) is 26.3 Å². The Morgan fingerprint density at radius 2 is 1.70 bits per heavy atom. The van der Waals surface area contributed by atoms with Crippen LogP contribution in [0.5, 0.6) is 0 Å². The molecule has 0 saturated heterocycles. The van der Waals surface area contributed by atoms with Crippen LogP contribution in [0.15, 0.2) is 18.2 Å². The summed E-state index contributed by atoms with van der Waals surface area (Å²) in [4.78, 5) is 0.953. The van der Waals surface area contributed by atoms with Gasteiger partial charge in [0, 0.05) is 17.4 Å². The first-order valence-corrected chi connectivity index (χ1v) is 5.88. The molecule has 1 fully saturated rings. The third kappa shape index (κ3) is 3.49. The molecular formula is C12H12F6N2. The average molecular weight is 298 g/mol. The first-order valence-electron chi connectivity index (χ1n) is 5.88. The van der Waals surface area contributed by atoms with Crippen LogP contribution in [-0.2, 0) is 6.18 Å². The molecule has 0 radical (unpaired) electrons. The molecule has 0 unspecified atom stereocenters. The van der Waals surface area contributed by atoms with Crippen molar-refractivity contribution in [3.63, 3.8) is 0 Å². The van der Waals surface area contributed by atoms with Gasteiger partial charge in [-0.25, -0.2) is 0 Å². The largest absolute Gasteiger partial charge is 0.418 e. The maximum atomic E-state index is 12.7. The number of anilines is 2. The number of hydrogen-bond donors (Lipinski definition) is 1. The van der Waals surface area contributed by atoms with Crippen molar-refractivity contribution in [1.82, 2.24) is 0 Å². The molecule has 1 aliphatic rings. The number of hydrogen-bond acceptors (Lipinski definition) is 2. The lowest BCUT2D eigenvalue weighted by Crippen LogP contribution is -2.36. The molecule has 2 nitrogen and oxygen atoms in total. The van der Waals surface area contributed by atoms with E-state index in [4.69, 9.17) is 5.73 Å². The second-order valence-corrected chi connectivity index (χ2v) is 4.74. The van der Waals surface area contributed by atoms with Crippen molar-refractivity contribution in [3.05, 3.63) is 23.8 Å². The molecule has 1 aromatic rings. The Hall–Kier alpha value is -1.60. The standard InChI is InChI=1S/C12H12F6N2/c13-11(14,15)6-20(7-1-2-7)8-3-4-10(19)9(5-8)12(16,17)18/h3-5,7H,1-2,6,19H2. The van der Waals surface area contributed by atoms with Crippen molar-refractivity contribution in [1.29, 1.82) is 0 Å². The minimum Gasteiger partial charge on any atom is -0.398 e. The zero-order chi connectivity index (χ0) is 15.1. The van der Waals surface area contributed by atoms with Crippen molar-refractivity contribution in [2.75, 3.05) is 17.2 Å². The second kappa shape index (κ2) is 4.75. The molecule has 0 spiro atoms. The molecule has 0 amide bonds. The van der Waals surface area contributed by atoms with E-state index in [1.807, 2.05) is 0 Å². The van der Waals surface area contributed by atoms with Crippen molar-refractivity contribution >= 4 is 11.4 Å². The van der Waals surface area contributed by atoms with Gasteiger partial charge in [0.15, 0.2) is 0 Å². The fraction of sp³-hybridized carbons (Fsp3) is 0.500. The lowest BCUT2D eigenvalue weighted by Gasteiger charge is -2.27. The molecule has 0 atom stereocenters. The van der Waals surface area contributed by atoms with Gasteiger partial charge in [0.2, 0.25) is 0 Å². The van der Waals surface area contributed by atoms with Crippen LogP contribution in [0.25, 0.3) is 0 Å². The molecule has 0 aromatic heterocycles. The third-order valence-electron chi connectivity index (χ3n) is 3.01. The van der Waals surface area contributed by atoms with Crippen LogP contribution in [0, 0.1) is 0 Å². The van der Waals surface area contributed by atoms with E-state index in [0.29, 0.717) is 18.9 Å². The van der Waals surface area contributed by atoms with Gasteiger partial charge in [-0.1, -0.05) is 0 Å². The van der Waals surface area contributed by atoms with Crippen molar-refractivity contribution in [2.24, 2.45) is 0 Å². The van der Waals surface area contributed by atoms with E-state index in [-0.39, 0.29) is 11.7 Å². The zero-order valence-corrected chi connectivity index (χ0v) is 10.2. The van der Waals surface area contributed by atoms with E-state index >= 15 is 0 Å². The minimum absolute atomic E-state index is 0.105.